The monoisotopic (exact) mass is 850 g/mol. The summed E-state index contributed by atoms with van der Waals surface area (Å²) in [7, 11) is 0. The molecule has 0 N–H and O–H groups in total. The van der Waals surface area contributed by atoms with Gasteiger partial charge in [0.05, 0.1) is 21.4 Å². The molecule has 0 saturated heterocycles. The highest BCUT2D eigenvalue weighted by Crippen LogP contribution is 2.49. The first-order chi connectivity index (χ1) is 31.7. The summed E-state index contributed by atoms with van der Waals surface area (Å²) in [6.07, 6.45) is 0. The molecule has 13 aromatic rings. The van der Waals surface area contributed by atoms with Crippen molar-refractivity contribution in [3.63, 3.8) is 0 Å². The Morgan fingerprint density at radius 3 is 1.64 bits per heavy atom. The van der Waals surface area contributed by atoms with E-state index in [1.54, 1.807) is 0 Å². The highest BCUT2D eigenvalue weighted by molar-refractivity contribution is 7.26. The first-order valence-electron chi connectivity index (χ1n) is 21.7. The minimum absolute atomic E-state index is 1.11. The summed E-state index contributed by atoms with van der Waals surface area (Å²) in [5.41, 5.74) is 14.1. The number of thiophene rings is 2. The van der Waals surface area contributed by atoms with Crippen molar-refractivity contribution in [2.75, 3.05) is 4.90 Å². The minimum atomic E-state index is 1.11. The average molecular weight is 851 g/mol. The van der Waals surface area contributed by atoms with Crippen LogP contribution in [0.25, 0.3) is 101 Å². The lowest BCUT2D eigenvalue weighted by Crippen LogP contribution is -2.10. The van der Waals surface area contributed by atoms with E-state index in [2.05, 4.69) is 240 Å². The van der Waals surface area contributed by atoms with Crippen molar-refractivity contribution in [3.8, 4) is 39.1 Å². The van der Waals surface area contributed by atoms with Gasteiger partial charge in [0.25, 0.3) is 0 Å². The number of hydrogen-bond donors (Lipinski definition) is 0. The third kappa shape index (κ3) is 6.06. The van der Waals surface area contributed by atoms with E-state index < -0.39 is 0 Å². The molecule has 0 aliphatic carbocycles. The van der Waals surface area contributed by atoms with Gasteiger partial charge < -0.3 is 9.47 Å². The van der Waals surface area contributed by atoms with Crippen molar-refractivity contribution in [1.82, 2.24) is 4.57 Å². The fraction of sp³-hybridized carbons (Fsp3) is 0. The Hall–Kier alpha value is -7.76. The lowest BCUT2D eigenvalue weighted by Gasteiger charge is -2.27. The molecule has 0 saturated carbocycles. The maximum atomic E-state index is 2.49. The van der Waals surface area contributed by atoms with Gasteiger partial charge in [-0.05, 0) is 112 Å². The maximum absolute atomic E-state index is 2.49. The Balaban J connectivity index is 1.05. The normalized spacial score (nSPS) is 11.8. The second-order valence-electron chi connectivity index (χ2n) is 16.5. The van der Waals surface area contributed by atoms with Gasteiger partial charge in [-0.2, -0.15) is 0 Å². The van der Waals surface area contributed by atoms with Crippen LogP contribution < -0.4 is 4.90 Å². The molecule has 300 valence electrons. The molecule has 0 atom stereocenters. The van der Waals surface area contributed by atoms with Gasteiger partial charge in [-0.1, -0.05) is 152 Å². The van der Waals surface area contributed by atoms with E-state index in [4.69, 9.17) is 0 Å². The van der Waals surface area contributed by atoms with Gasteiger partial charge in [-0.15, -0.1) is 22.7 Å². The first-order valence-corrected chi connectivity index (χ1v) is 23.4. The van der Waals surface area contributed by atoms with Gasteiger partial charge in [-0.25, -0.2) is 0 Å². The fourth-order valence-corrected chi connectivity index (χ4v) is 12.0. The average Bonchev–Trinajstić information content (AvgIpc) is 4.04. The molecule has 4 heteroatoms. The van der Waals surface area contributed by atoms with Gasteiger partial charge in [0, 0.05) is 63.5 Å². The van der Waals surface area contributed by atoms with E-state index in [0.717, 1.165) is 22.7 Å². The molecule has 0 unspecified atom stereocenters. The van der Waals surface area contributed by atoms with E-state index in [1.807, 2.05) is 22.7 Å². The second kappa shape index (κ2) is 15.0. The summed E-state index contributed by atoms with van der Waals surface area (Å²) in [5.74, 6) is 0. The molecule has 13 rings (SSSR count). The molecule has 0 aliphatic heterocycles. The third-order valence-corrected chi connectivity index (χ3v) is 15.1. The Kier molecular flexibility index (Phi) is 8.61. The van der Waals surface area contributed by atoms with Crippen LogP contribution in [0.4, 0.5) is 17.1 Å². The zero-order chi connectivity index (χ0) is 42.1. The Labute approximate surface area is 378 Å². The molecular weight excluding hydrogens is 813 g/mol. The molecule has 3 heterocycles. The Morgan fingerprint density at radius 1 is 0.297 bits per heavy atom. The van der Waals surface area contributed by atoms with Crippen molar-refractivity contribution >= 4 is 102 Å². The van der Waals surface area contributed by atoms with Gasteiger partial charge in [0.15, 0.2) is 0 Å². The summed E-state index contributed by atoms with van der Waals surface area (Å²) in [4.78, 5) is 2.49. The topological polar surface area (TPSA) is 8.17 Å². The van der Waals surface area contributed by atoms with Crippen LogP contribution in [0.2, 0.25) is 0 Å². The molecule has 0 bridgehead atoms. The van der Waals surface area contributed by atoms with Crippen LogP contribution in [0.15, 0.2) is 231 Å². The lowest BCUT2D eigenvalue weighted by molar-refractivity contribution is 1.18. The van der Waals surface area contributed by atoms with Crippen LogP contribution >= 0.6 is 22.7 Å². The van der Waals surface area contributed by atoms with Gasteiger partial charge in [-0.3, -0.25) is 0 Å². The van der Waals surface area contributed by atoms with Crippen LogP contribution in [-0.2, 0) is 0 Å². The Bertz CT molecular complexity index is 3890. The molecule has 3 aromatic heterocycles. The van der Waals surface area contributed by atoms with Crippen molar-refractivity contribution in [2.24, 2.45) is 0 Å². The van der Waals surface area contributed by atoms with Crippen LogP contribution in [0.1, 0.15) is 0 Å². The summed E-state index contributed by atoms with van der Waals surface area (Å²) in [6.45, 7) is 0. The molecule has 0 radical (unpaired) electrons. The van der Waals surface area contributed by atoms with Crippen LogP contribution in [0, 0.1) is 0 Å². The van der Waals surface area contributed by atoms with E-state index in [1.165, 1.54) is 95.5 Å². The van der Waals surface area contributed by atoms with E-state index in [0.29, 0.717) is 0 Å². The second-order valence-corrected chi connectivity index (χ2v) is 18.6. The molecular formula is C60H38N2S2. The molecule has 0 amide bonds. The number of benzene rings is 10. The summed E-state index contributed by atoms with van der Waals surface area (Å²) >= 11 is 3.74. The lowest BCUT2D eigenvalue weighted by atomic mass is 9.99. The number of rotatable bonds is 7. The number of nitrogens with zero attached hydrogens (tertiary/aromatic N) is 2. The van der Waals surface area contributed by atoms with Gasteiger partial charge in [0.2, 0.25) is 0 Å². The smallest absolute Gasteiger partial charge is 0.0646 e. The number of aromatic nitrogens is 1. The molecule has 0 aliphatic rings. The Morgan fingerprint density at radius 2 is 0.859 bits per heavy atom. The van der Waals surface area contributed by atoms with Crippen molar-refractivity contribution in [1.29, 1.82) is 0 Å². The zero-order valence-electron chi connectivity index (χ0n) is 34.7. The zero-order valence-corrected chi connectivity index (χ0v) is 36.3. The van der Waals surface area contributed by atoms with Gasteiger partial charge >= 0.3 is 0 Å². The number of fused-ring (bicyclic) bond motifs is 9. The molecule has 64 heavy (non-hydrogen) atoms. The summed E-state index contributed by atoms with van der Waals surface area (Å²) in [5, 5.41) is 7.60. The van der Waals surface area contributed by atoms with Crippen LogP contribution in [0.5, 0.6) is 0 Å². The van der Waals surface area contributed by atoms with Gasteiger partial charge in [0.1, 0.15) is 0 Å². The molecule has 2 nitrogen and oxygen atoms in total. The van der Waals surface area contributed by atoms with E-state index >= 15 is 0 Å². The highest BCUT2D eigenvalue weighted by Gasteiger charge is 2.22. The van der Waals surface area contributed by atoms with E-state index in [9.17, 15) is 0 Å². The fourth-order valence-electron chi connectivity index (χ4n) is 9.74. The van der Waals surface area contributed by atoms with Crippen molar-refractivity contribution < 1.29 is 0 Å². The number of para-hydroxylation sites is 1. The number of anilines is 3. The predicted octanol–water partition coefficient (Wildman–Crippen LogP) is 18.0. The van der Waals surface area contributed by atoms with Crippen LogP contribution in [-0.4, -0.2) is 4.57 Å². The summed E-state index contributed by atoms with van der Waals surface area (Å²) < 4.78 is 7.59. The largest absolute Gasteiger partial charge is 0.309 e. The highest BCUT2D eigenvalue weighted by atomic mass is 32.1. The molecule has 10 aromatic carbocycles. The minimum Gasteiger partial charge on any atom is -0.309 e. The van der Waals surface area contributed by atoms with E-state index in [-0.39, 0.29) is 0 Å². The molecule has 0 fully saturated rings. The summed E-state index contributed by atoms with van der Waals surface area (Å²) in [6, 6.07) is 84.8. The predicted molar refractivity (Wildman–Crippen MR) is 278 cm³/mol. The third-order valence-electron chi connectivity index (χ3n) is 12.8. The molecule has 0 spiro atoms. The first kappa shape index (κ1) is 36.9. The SMILES string of the molecule is c1ccc(-c2ccc(N(c3ccc4sc5ccccc5c4c3)c3cc(-c4ccc5c6ccccc6n(-c6cccc(-c7ccccc7)c6)c5c4)cc4c3sc3ccccc34)cc2)cc1. The quantitative estimate of drug-likeness (QED) is 0.155. The van der Waals surface area contributed by atoms with Crippen molar-refractivity contribution in [2.45, 2.75) is 0 Å². The maximum Gasteiger partial charge on any atom is 0.0646 e. The standard InChI is InChI=1S/C60H38N2S2/c1-3-14-39(15-4-1)41-26-29-45(30-27-41)61(47-31-33-59-52(38-47)50-21-8-11-24-57(50)63-59)56-37-44(35-53-51-22-9-12-25-58(51)64-60(53)56)43-28-32-49-48-20-7-10-23-54(48)62(55(49)36-43)46-19-13-18-42(34-46)40-16-5-2-6-17-40/h1-38H. The van der Waals surface area contributed by atoms with Crippen LogP contribution in [0.3, 0.4) is 0 Å². The number of hydrogen-bond acceptors (Lipinski definition) is 3. The van der Waals surface area contributed by atoms with Crippen molar-refractivity contribution in [3.05, 3.63) is 231 Å².